The van der Waals surface area contributed by atoms with Gasteiger partial charge in [0, 0.05) is 18.3 Å². The number of hydrogen-bond acceptors (Lipinski definition) is 4. The molecule has 1 amide bonds. The Balaban J connectivity index is 1.66. The van der Waals surface area contributed by atoms with Crippen LogP contribution in [0.3, 0.4) is 0 Å². The van der Waals surface area contributed by atoms with Crippen LogP contribution in [0.25, 0.3) is 0 Å². The topological polar surface area (TPSA) is 66.9 Å². The Morgan fingerprint density at radius 3 is 2.64 bits per heavy atom. The molecule has 0 saturated heterocycles. The fourth-order valence-corrected chi connectivity index (χ4v) is 2.24. The molecule has 1 aromatic heterocycles. The zero-order valence-electron chi connectivity index (χ0n) is 13.7. The molecule has 0 radical (unpaired) electrons. The lowest BCUT2D eigenvalue weighted by Crippen LogP contribution is -2.14. The van der Waals surface area contributed by atoms with Gasteiger partial charge in [0.25, 0.3) is 5.91 Å². The Morgan fingerprint density at radius 2 is 1.88 bits per heavy atom. The van der Waals surface area contributed by atoms with Gasteiger partial charge in [0.05, 0.1) is 0 Å². The zero-order chi connectivity index (χ0) is 17.6. The Hall–Kier alpha value is -3.28. The van der Waals surface area contributed by atoms with Crippen LogP contribution in [0.2, 0.25) is 0 Å². The minimum absolute atomic E-state index is 0.200. The van der Waals surface area contributed by atoms with Gasteiger partial charge in [-0.3, -0.25) is 4.79 Å². The van der Waals surface area contributed by atoms with Gasteiger partial charge in [0.1, 0.15) is 23.7 Å². The van der Waals surface area contributed by atoms with Crippen molar-refractivity contribution in [3.8, 4) is 0 Å². The number of nitrogens with zero attached hydrogens (tertiary/aromatic N) is 2. The highest BCUT2D eigenvalue weighted by molar-refractivity contribution is 6.03. The van der Waals surface area contributed by atoms with E-state index in [0.29, 0.717) is 18.1 Å². The number of aromatic nitrogens is 2. The molecule has 2 N–H and O–H groups in total. The van der Waals surface area contributed by atoms with Crippen molar-refractivity contribution in [1.29, 1.82) is 0 Å². The van der Waals surface area contributed by atoms with Gasteiger partial charge in [-0.2, -0.15) is 0 Å². The largest absolute Gasteiger partial charge is 0.366 e. The second kappa shape index (κ2) is 7.53. The molecule has 5 nitrogen and oxygen atoms in total. The second-order valence-corrected chi connectivity index (χ2v) is 5.59. The number of aryl methyl sites for hydroxylation is 1. The van der Waals surface area contributed by atoms with E-state index in [1.54, 1.807) is 12.1 Å². The van der Waals surface area contributed by atoms with Crippen LogP contribution in [0.4, 0.5) is 15.9 Å². The smallest absolute Gasteiger partial charge is 0.274 e. The first kappa shape index (κ1) is 16.6. The lowest BCUT2D eigenvalue weighted by Gasteiger charge is -2.08. The van der Waals surface area contributed by atoms with Gasteiger partial charge in [0.15, 0.2) is 0 Å². The van der Waals surface area contributed by atoms with Crippen molar-refractivity contribution in [1.82, 2.24) is 9.97 Å². The lowest BCUT2D eigenvalue weighted by molar-refractivity contribution is 0.102. The molecule has 3 aromatic rings. The number of rotatable bonds is 5. The third-order valence-corrected chi connectivity index (χ3v) is 3.58. The number of carbonyl (C=O) groups excluding carboxylic acids is 1. The first-order valence-corrected chi connectivity index (χ1v) is 7.78. The number of carbonyl (C=O) groups is 1. The fourth-order valence-electron chi connectivity index (χ4n) is 2.24. The van der Waals surface area contributed by atoms with Gasteiger partial charge in [-0.1, -0.05) is 35.9 Å². The Kier molecular flexibility index (Phi) is 4.99. The predicted molar refractivity (Wildman–Crippen MR) is 94.9 cm³/mol. The molecular formula is C19H17FN4O. The number of nitrogens with one attached hydrogen (secondary N) is 2. The maximum Gasteiger partial charge on any atom is 0.274 e. The summed E-state index contributed by atoms with van der Waals surface area (Å²) in [6.45, 7) is 2.62. The van der Waals surface area contributed by atoms with E-state index in [-0.39, 0.29) is 5.69 Å². The molecule has 0 saturated carbocycles. The molecule has 0 aliphatic rings. The third kappa shape index (κ3) is 4.60. The number of benzene rings is 2. The van der Waals surface area contributed by atoms with E-state index in [9.17, 15) is 9.18 Å². The van der Waals surface area contributed by atoms with E-state index in [1.807, 2.05) is 31.2 Å². The minimum Gasteiger partial charge on any atom is -0.366 e. The highest BCUT2D eigenvalue weighted by Gasteiger charge is 2.09. The van der Waals surface area contributed by atoms with Crippen LogP contribution in [0.15, 0.2) is 60.9 Å². The van der Waals surface area contributed by atoms with Crippen LogP contribution in [0, 0.1) is 12.7 Å². The first-order valence-electron chi connectivity index (χ1n) is 7.78. The summed E-state index contributed by atoms with van der Waals surface area (Å²) in [6.07, 6.45) is 1.32. The van der Waals surface area contributed by atoms with Gasteiger partial charge < -0.3 is 10.6 Å². The highest BCUT2D eigenvalue weighted by atomic mass is 19.1. The standard InChI is InChI=1S/C19H17FN4O/c1-13-5-7-14(8-6-13)11-21-18-10-17(22-12-23-18)19(25)24-16-4-2-3-15(20)9-16/h2-10,12H,11H2,1H3,(H,24,25)(H,21,22,23). The van der Waals surface area contributed by atoms with Crippen molar-refractivity contribution < 1.29 is 9.18 Å². The molecule has 0 atom stereocenters. The van der Waals surface area contributed by atoms with Gasteiger partial charge >= 0.3 is 0 Å². The predicted octanol–water partition coefficient (Wildman–Crippen LogP) is 3.79. The highest BCUT2D eigenvalue weighted by Crippen LogP contribution is 2.12. The average Bonchev–Trinajstić information content (AvgIpc) is 2.61. The molecule has 6 heteroatoms. The van der Waals surface area contributed by atoms with E-state index in [1.165, 1.54) is 30.1 Å². The zero-order valence-corrected chi connectivity index (χ0v) is 13.7. The Morgan fingerprint density at radius 1 is 1.08 bits per heavy atom. The summed E-state index contributed by atoms with van der Waals surface area (Å²) in [5.41, 5.74) is 2.88. The molecule has 0 fully saturated rings. The van der Waals surface area contributed by atoms with E-state index >= 15 is 0 Å². The summed E-state index contributed by atoms with van der Waals surface area (Å²) in [4.78, 5) is 20.3. The quantitative estimate of drug-likeness (QED) is 0.744. The van der Waals surface area contributed by atoms with Crippen LogP contribution in [0.5, 0.6) is 0 Å². The fraction of sp³-hybridized carbons (Fsp3) is 0.105. The average molecular weight is 336 g/mol. The van der Waals surface area contributed by atoms with E-state index < -0.39 is 11.7 Å². The van der Waals surface area contributed by atoms with Crippen molar-refractivity contribution in [2.45, 2.75) is 13.5 Å². The van der Waals surface area contributed by atoms with Crippen LogP contribution in [-0.4, -0.2) is 15.9 Å². The Bertz CT molecular complexity index is 881. The van der Waals surface area contributed by atoms with E-state index in [2.05, 4.69) is 20.6 Å². The lowest BCUT2D eigenvalue weighted by atomic mass is 10.1. The summed E-state index contributed by atoms with van der Waals surface area (Å²) in [5, 5.41) is 5.77. The molecule has 0 aliphatic carbocycles. The van der Waals surface area contributed by atoms with Crippen LogP contribution in [0.1, 0.15) is 21.6 Å². The molecule has 126 valence electrons. The molecule has 0 aliphatic heterocycles. The molecule has 25 heavy (non-hydrogen) atoms. The molecule has 2 aromatic carbocycles. The normalized spacial score (nSPS) is 10.3. The molecule has 0 unspecified atom stereocenters. The maximum atomic E-state index is 13.2. The van der Waals surface area contributed by atoms with Crippen molar-refractivity contribution in [2.75, 3.05) is 10.6 Å². The maximum absolute atomic E-state index is 13.2. The van der Waals surface area contributed by atoms with Crippen molar-refractivity contribution in [3.63, 3.8) is 0 Å². The Labute approximate surface area is 145 Å². The van der Waals surface area contributed by atoms with Gasteiger partial charge in [-0.15, -0.1) is 0 Å². The third-order valence-electron chi connectivity index (χ3n) is 3.58. The van der Waals surface area contributed by atoms with E-state index in [0.717, 1.165) is 5.56 Å². The van der Waals surface area contributed by atoms with Crippen LogP contribution >= 0.6 is 0 Å². The molecule has 0 bridgehead atoms. The number of amides is 1. The SMILES string of the molecule is Cc1ccc(CNc2cc(C(=O)Nc3cccc(F)c3)ncn2)cc1. The van der Waals surface area contributed by atoms with Gasteiger partial charge in [0.2, 0.25) is 0 Å². The second-order valence-electron chi connectivity index (χ2n) is 5.59. The summed E-state index contributed by atoms with van der Waals surface area (Å²) >= 11 is 0. The van der Waals surface area contributed by atoms with Crippen molar-refractivity contribution >= 4 is 17.4 Å². The monoisotopic (exact) mass is 336 g/mol. The summed E-state index contributed by atoms with van der Waals surface area (Å²) in [7, 11) is 0. The van der Waals surface area contributed by atoms with Crippen molar-refractivity contribution in [2.24, 2.45) is 0 Å². The number of halogens is 1. The van der Waals surface area contributed by atoms with Crippen LogP contribution < -0.4 is 10.6 Å². The molecule has 1 heterocycles. The molecule has 3 rings (SSSR count). The van der Waals surface area contributed by atoms with Crippen LogP contribution in [-0.2, 0) is 6.54 Å². The van der Waals surface area contributed by atoms with Gasteiger partial charge in [-0.25, -0.2) is 14.4 Å². The minimum atomic E-state index is -0.425. The summed E-state index contributed by atoms with van der Waals surface area (Å²) in [6, 6.07) is 15.4. The first-order chi connectivity index (χ1) is 12.1. The van der Waals surface area contributed by atoms with E-state index in [4.69, 9.17) is 0 Å². The van der Waals surface area contributed by atoms with Crippen molar-refractivity contribution in [3.05, 3.63) is 83.6 Å². The molecule has 0 spiro atoms. The van der Waals surface area contributed by atoms with Gasteiger partial charge in [-0.05, 0) is 30.7 Å². The number of anilines is 2. The molecular weight excluding hydrogens is 319 g/mol. The summed E-state index contributed by atoms with van der Waals surface area (Å²) in [5.74, 6) is -0.299. The number of hydrogen-bond donors (Lipinski definition) is 2. The summed E-state index contributed by atoms with van der Waals surface area (Å²) < 4.78 is 13.2.